The van der Waals surface area contributed by atoms with Crippen LogP contribution in [-0.2, 0) is 30.0 Å². The number of likely N-dealkylation sites (tertiary alicyclic amines) is 1. The van der Waals surface area contributed by atoms with Crippen molar-refractivity contribution in [3.63, 3.8) is 0 Å². The summed E-state index contributed by atoms with van der Waals surface area (Å²) >= 11 is 0. The van der Waals surface area contributed by atoms with Gasteiger partial charge in [-0.15, -0.1) is 0 Å². The van der Waals surface area contributed by atoms with E-state index in [1.807, 2.05) is 43.0 Å². The first-order valence-corrected chi connectivity index (χ1v) is 22.6. The lowest BCUT2D eigenvalue weighted by Crippen LogP contribution is -2.54. The number of imide groups is 2. The average Bonchev–Trinajstić information content (AvgIpc) is 3.56. The lowest BCUT2D eigenvalue weighted by atomic mass is 9.89. The standard InChI is InChI=1S/C49H56F3N7O8/c1-30(2)26-35(53)29-67-41-12-8-33(27-38(41)49(50,51)52)34-14-18-55-42(28-34)56-36-9-6-31(7-10-36)32-15-20-58(21-16-32)44(61)17-22-65-24-25-66-23-19-54-39-5-3-4-37-45(39)48(64)59(47(37)63)40-11-13-43(60)57-46(40)62/h3-10,12,14,18,27-28,30,32,35,40,54H,11,13,15-17,19-26,29,53H2,1-2H3,(H,55,56)(H,57,60,62)/t35-,40?/m0/s1. The van der Waals surface area contributed by atoms with E-state index in [1.165, 1.54) is 12.1 Å². The number of carbonyl (C=O) groups excluding carboxylic acids is 5. The highest BCUT2D eigenvalue weighted by Crippen LogP contribution is 2.40. The molecule has 4 aromatic rings. The Morgan fingerprint density at radius 3 is 2.34 bits per heavy atom. The molecule has 0 bridgehead atoms. The van der Waals surface area contributed by atoms with Crippen molar-refractivity contribution in [3.8, 4) is 16.9 Å². The van der Waals surface area contributed by atoms with Gasteiger partial charge in [0.2, 0.25) is 17.7 Å². The second kappa shape index (κ2) is 22.0. The quantitative estimate of drug-likeness (QED) is 0.0530. The first kappa shape index (κ1) is 48.6. The van der Waals surface area contributed by atoms with Crippen LogP contribution in [0.1, 0.15) is 90.1 Å². The Kier molecular flexibility index (Phi) is 15.9. The maximum Gasteiger partial charge on any atom is 0.419 e. The molecule has 1 aromatic heterocycles. The molecule has 2 fully saturated rings. The van der Waals surface area contributed by atoms with E-state index in [1.54, 1.807) is 36.5 Å². The number of anilines is 3. The Balaban J connectivity index is 0.789. The molecular formula is C49H56F3N7O8. The third kappa shape index (κ3) is 12.4. The number of piperidine rings is 2. The number of hydrogen-bond donors (Lipinski definition) is 4. The highest BCUT2D eigenvalue weighted by Gasteiger charge is 2.45. The fourth-order valence-corrected chi connectivity index (χ4v) is 8.61. The van der Waals surface area contributed by atoms with Gasteiger partial charge in [0.15, 0.2) is 0 Å². The van der Waals surface area contributed by atoms with Crippen molar-refractivity contribution in [2.45, 2.75) is 76.6 Å². The number of fused-ring (bicyclic) bond motifs is 1. The van der Waals surface area contributed by atoms with Gasteiger partial charge in [0, 0.05) is 49.7 Å². The third-order valence-corrected chi connectivity index (χ3v) is 12.0. The number of pyridine rings is 1. The number of alkyl halides is 3. The highest BCUT2D eigenvalue weighted by atomic mass is 19.4. The van der Waals surface area contributed by atoms with Gasteiger partial charge in [-0.25, -0.2) is 4.98 Å². The number of hydrogen-bond acceptors (Lipinski definition) is 12. The van der Waals surface area contributed by atoms with Crippen LogP contribution in [0, 0.1) is 5.92 Å². The third-order valence-electron chi connectivity index (χ3n) is 12.0. The Hall–Kier alpha value is -6.37. The predicted molar refractivity (Wildman–Crippen MR) is 244 cm³/mol. The number of amides is 5. The molecule has 0 radical (unpaired) electrons. The van der Waals surface area contributed by atoms with E-state index in [-0.39, 0.29) is 87.0 Å². The smallest absolute Gasteiger partial charge is 0.419 e. The van der Waals surface area contributed by atoms with Crippen LogP contribution in [0.25, 0.3) is 11.1 Å². The molecule has 3 aliphatic heterocycles. The van der Waals surface area contributed by atoms with Crippen LogP contribution in [0.15, 0.2) is 79.0 Å². The van der Waals surface area contributed by atoms with Gasteiger partial charge < -0.3 is 35.5 Å². The summed E-state index contributed by atoms with van der Waals surface area (Å²) in [4.78, 5) is 70.4. The van der Waals surface area contributed by atoms with Gasteiger partial charge in [0.05, 0.1) is 49.5 Å². The molecule has 0 saturated carbocycles. The number of rotatable bonds is 20. The van der Waals surface area contributed by atoms with Crippen LogP contribution in [0.4, 0.5) is 30.4 Å². The second-order valence-electron chi connectivity index (χ2n) is 17.3. The van der Waals surface area contributed by atoms with Gasteiger partial charge in [-0.3, -0.25) is 34.2 Å². The number of carbonyl (C=O) groups is 5. The molecule has 0 spiro atoms. The molecule has 15 nitrogen and oxygen atoms in total. The summed E-state index contributed by atoms with van der Waals surface area (Å²) in [7, 11) is 0. The average molecular weight is 928 g/mol. The predicted octanol–water partition coefficient (Wildman–Crippen LogP) is 6.91. The van der Waals surface area contributed by atoms with Crippen molar-refractivity contribution in [1.29, 1.82) is 0 Å². The zero-order valence-electron chi connectivity index (χ0n) is 37.5. The molecule has 7 rings (SSSR count). The maximum atomic E-state index is 14.1. The van der Waals surface area contributed by atoms with Crippen molar-refractivity contribution in [3.05, 3.63) is 101 Å². The van der Waals surface area contributed by atoms with E-state index in [2.05, 4.69) is 20.9 Å². The van der Waals surface area contributed by atoms with E-state index in [0.29, 0.717) is 54.6 Å². The normalized spacial score (nSPS) is 17.1. The molecule has 5 N–H and O–H groups in total. The molecule has 2 atom stereocenters. The Labute approximate surface area is 386 Å². The SMILES string of the molecule is CC(C)C[C@H](N)COc1ccc(-c2ccnc(Nc3ccc(C4CCN(C(=O)CCOCCOCCNc5cccc6c5C(=O)N(C5CCC(=O)NC5=O)C6=O)CC4)cc3)c2)cc1C(F)(F)F. The molecule has 67 heavy (non-hydrogen) atoms. The number of halogens is 3. The molecule has 1 unspecified atom stereocenters. The molecule has 0 aliphatic carbocycles. The summed E-state index contributed by atoms with van der Waals surface area (Å²) in [6, 6.07) is 18.8. The zero-order valence-corrected chi connectivity index (χ0v) is 37.5. The van der Waals surface area contributed by atoms with E-state index in [0.717, 1.165) is 35.1 Å². The molecule has 18 heteroatoms. The number of benzene rings is 3. The summed E-state index contributed by atoms with van der Waals surface area (Å²) in [6.45, 7) is 6.68. The molecular weight excluding hydrogens is 872 g/mol. The summed E-state index contributed by atoms with van der Waals surface area (Å²) in [5.74, 6) is -1.44. The molecule has 356 valence electrons. The van der Waals surface area contributed by atoms with Crippen molar-refractivity contribution < 1.29 is 51.4 Å². The largest absolute Gasteiger partial charge is 0.491 e. The van der Waals surface area contributed by atoms with Gasteiger partial charge in [0.1, 0.15) is 24.2 Å². The van der Waals surface area contributed by atoms with Crippen molar-refractivity contribution in [2.24, 2.45) is 11.7 Å². The van der Waals surface area contributed by atoms with E-state index in [9.17, 15) is 37.1 Å². The van der Waals surface area contributed by atoms with Crippen molar-refractivity contribution >= 4 is 46.7 Å². The molecule has 3 aromatic carbocycles. The van der Waals surface area contributed by atoms with Crippen LogP contribution in [0.3, 0.4) is 0 Å². The molecule has 3 aliphatic rings. The van der Waals surface area contributed by atoms with Crippen LogP contribution in [0.2, 0.25) is 0 Å². The fourth-order valence-electron chi connectivity index (χ4n) is 8.61. The summed E-state index contributed by atoms with van der Waals surface area (Å²) in [5, 5.41) is 8.58. The Bertz CT molecular complexity index is 2420. The number of ether oxygens (including phenoxy) is 3. The minimum absolute atomic E-state index is 0.0160. The summed E-state index contributed by atoms with van der Waals surface area (Å²) < 4.78 is 59.2. The van der Waals surface area contributed by atoms with E-state index >= 15 is 0 Å². The first-order chi connectivity index (χ1) is 32.2. The molecule has 4 heterocycles. The van der Waals surface area contributed by atoms with Crippen LogP contribution in [-0.4, -0.2) is 109 Å². The lowest BCUT2D eigenvalue weighted by molar-refractivity contribution is -0.139. The van der Waals surface area contributed by atoms with E-state index in [4.69, 9.17) is 19.9 Å². The topological polar surface area (TPSA) is 195 Å². The second-order valence-corrected chi connectivity index (χ2v) is 17.3. The van der Waals surface area contributed by atoms with Crippen LogP contribution in [0.5, 0.6) is 5.75 Å². The molecule has 2 saturated heterocycles. The van der Waals surface area contributed by atoms with Gasteiger partial charge in [-0.1, -0.05) is 38.1 Å². The number of nitrogens with zero attached hydrogens (tertiary/aromatic N) is 3. The zero-order chi connectivity index (χ0) is 47.7. The van der Waals surface area contributed by atoms with Crippen molar-refractivity contribution in [2.75, 3.05) is 63.3 Å². The number of nitrogens with two attached hydrogens (primary N) is 1. The monoisotopic (exact) mass is 927 g/mol. The number of aromatic nitrogens is 1. The van der Waals surface area contributed by atoms with Gasteiger partial charge >= 0.3 is 6.18 Å². The van der Waals surface area contributed by atoms with Crippen LogP contribution >= 0.6 is 0 Å². The summed E-state index contributed by atoms with van der Waals surface area (Å²) in [5.41, 5.74) is 8.85. The van der Waals surface area contributed by atoms with Crippen LogP contribution < -0.4 is 26.4 Å². The van der Waals surface area contributed by atoms with E-state index < -0.39 is 41.4 Å². The Morgan fingerprint density at radius 1 is 0.896 bits per heavy atom. The van der Waals surface area contributed by atoms with Gasteiger partial charge in [0.25, 0.3) is 11.8 Å². The lowest BCUT2D eigenvalue weighted by Gasteiger charge is -2.32. The summed E-state index contributed by atoms with van der Waals surface area (Å²) in [6.07, 6.45) is -0.443. The minimum Gasteiger partial charge on any atom is -0.491 e. The Morgan fingerprint density at radius 2 is 1.63 bits per heavy atom. The number of nitrogens with one attached hydrogen (secondary N) is 3. The minimum atomic E-state index is -4.62. The molecule has 5 amide bonds. The maximum absolute atomic E-state index is 14.1. The van der Waals surface area contributed by atoms with Gasteiger partial charge in [-0.05, 0) is 103 Å². The van der Waals surface area contributed by atoms with Gasteiger partial charge in [-0.2, -0.15) is 13.2 Å². The first-order valence-electron chi connectivity index (χ1n) is 22.6. The van der Waals surface area contributed by atoms with Crippen molar-refractivity contribution in [1.82, 2.24) is 20.1 Å². The fraction of sp³-hybridized carbons (Fsp3) is 0.429. The highest BCUT2D eigenvalue weighted by molar-refractivity contribution is 6.25.